The van der Waals surface area contributed by atoms with Gasteiger partial charge in [-0.05, 0) is 49.1 Å². The molecule has 3 heteroatoms. The number of nitrogens with zero attached hydrogens (tertiary/aromatic N) is 1. The minimum atomic E-state index is 0.0451. The fourth-order valence-electron chi connectivity index (χ4n) is 2.81. The van der Waals surface area contributed by atoms with Gasteiger partial charge in [0.1, 0.15) is 0 Å². The van der Waals surface area contributed by atoms with Gasteiger partial charge < -0.3 is 5.32 Å². The summed E-state index contributed by atoms with van der Waals surface area (Å²) >= 11 is 6.29. The van der Waals surface area contributed by atoms with Gasteiger partial charge in [-0.3, -0.25) is 4.98 Å². The number of benzene rings is 1. The van der Waals surface area contributed by atoms with Crippen LogP contribution in [0.15, 0.2) is 42.6 Å². The van der Waals surface area contributed by atoms with Gasteiger partial charge in [0.25, 0.3) is 0 Å². The second-order valence-corrected chi connectivity index (χ2v) is 5.80. The van der Waals surface area contributed by atoms with E-state index in [2.05, 4.69) is 34.6 Å². The first-order chi connectivity index (χ1) is 9.79. The predicted molar refractivity (Wildman–Crippen MR) is 83.2 cm³/mol. The molecule has 1 aliphatic carbocycles. The number of hydrogen-bond acceptors (Lipinski definition) is 2. The highest BCUT2D eigenvalue weighted by molar-refractivity contribution is 6.31. The van der Waals surface area contributed by atoms with E-state index >= 15 is 0 Å². The largest absolute Gasteiger partial charge is 0.308 e. The summed E-state index contributed by atoms with van der Waals surface area (Å²) in [5.74, 6) is 0.742. The molecule has 1 atom stereocenters. The zero-order valence-corrected chi connectivity index (χ0v) is 12.4. The number of hydrogen-bond donors (Lipinski definition) is 1. The van der Waals surface area contributed by atoms with Crippen LogP contribution in [0.1, 0.15) is 48.0 Å². The highest BCUT2D eigenvalue weighted by Crippen LogP contribution is 2.37. The monoisotopic (exact) mass is 286 g/mol. The van der Waals surface area contributed by atoms with Gasteiger partial charge in [-0.15, -0.1) is 0 Å². The van der Waals surface area contributed by atoms with Gasteiger partial charge in [0.2, 0.25) is 0 Å². The Labute approximate surface area is 125 Å². The third-order valence-electron chi connectivity index (χ3n) is 4.17. The van der Waals surface area contributed by atoms with Crippen molar-refractivity contribution in [1.82, 2.24) is 10.3 Å². The van der Waals surface area contributed by atoms with E-state index in [-0.39, 0.29) is 6.04 Å². The summed E-state index contributed by atoms with van der Waals surface area (Å²) in [5, 5.41) is 4.04. The van der Waals surface area contributed by atoms with Crippen molar-refractivity contribution in [3.63, 3.8) is 0 Å². The first kappa shape index (κ1) is 13.6. The Hall–Kier alpha value is -1.38. The maximum absolute atomic E-state index is 6.29. The van der Waals surface area contributed by atoms with Crippen LogP contribution in [0, 0.1) is 0 Å². The summed E-state index contributed by atoms with van der Waals surface area (Å²) in [6, 6.07) is 12.6. The summed E-state index contributed by atoms with van der Waals surface area (Å²) in [4.78, 5) is 4.44. The summed E-state index contributed by atoms with van der Waals surface area (Å²) in [6.07, 6.45) is 5.79. The highest BCUT2D eigenvalue weighted by atomic mass is 35.5. The molecule has 1 aliphatic rings. The van der Waals surface area contributed by atoms with Crippen molar-refractivity contribution >= 4 is 11.6 Å². The zero-order chi connectivity index (χ0) is 13.9. The Morgan fingerprint density at radius 2 is 2.10 bits per heavy atom. The molecule has 1 fully saturated rings. The average Bonchev–Trinajstić information content (AvgIpc) is 2.40. The second-order valence-electron chi connectivity index (χ2n) is 5.39. The van der Waals surface area contributed by atoms with Gasteiger partial charge in [-0.25, -0.2) is 0 Å². The zero-order valence-electron chi connectivity index (χ0n) is 11.6. The molecule has 3 rings (SSSR count). The number of nitrogens with one attached hydrogen (secondary N) is 1. The van der Waals surface area contributed by atoms with E-state index in [0.29, 0.717) is 5.02 Å². The van der Waals surface area contributed by atoms with Crippen LogP contribution in [-0.4, -0.2) is 12.0 Å². The molecular weight excluding hydrogens is 268 g/mol. The highest BCUT2D eigenvalue weighted by Gasteiger charge is 2.22. The van der Waals surface area contributed by atoms with E-state index in [1.807, 2.05) is 19.2 Å². The van der Waals surface area contributed by atoms with Gasteiger partial charge in [0.05, 0.1) is 16.8 Å². The summed E-state index contributed by atoms with van der Waals surface area (Å²) in [6.45, 7) is 0. The van der Waals surface area contributed by atoms with E-state index in [1.165, 1.54) is 30.4 Å². The first-order valence-corrected chi connectivity index (χ1v) is 7.55. The Kier molecular flexibility index (Phi) is 4.04. The van der Waals surface area contributed by atoms with E-state index in [1.54, 1.807) is 6.20 Å². The van der Waals surface area contributed by atoms with Crippen LogP contribution in [0.5, 0.6) is 0 Å². The van der Waals surface area contributed by atoms with Crippen molar-refractivity contribution in [2.75, 3.05) is 7.05 Å². The maximum Gasteiger partial charge on any atom is 0.0804 e. The maximum atomic E-state index is 6.29. The molecular formula is C17H19ClN2. The molecule has 0 spiro atoms. The first-order valence-electron chi connectivity index (χ1n) is 7.17. The molecule has 1 saturated carbocycles. The molecule has 0 radical (unpaired) electrons. The van der Waals surface area contributed by atoms with Crippen molar-refractivity contribution in [3.8, 4) is 0 Å². The minimum Gasteiger partial charge on any atom is -0.308 e. The molecule has 1 aromatic heterocycles. The van der Waals surface area contributed by atoms with Crippen molar-refractivity contribution in [3.05, 3.63) is 64.4 Å². The summed E-state index contributed by atoms with van der Waals surface area (Å²) in [5.41, 5.74) is 3.57. The van der Waals surface area contributed by atoms with Crippen molar-refractivity contribution in [2.45, 2.75) is 31.2 Å². The van der Waals surface area contributed by atoms with Crippen LogP contribution >= 0.6 is 11.6 Å². The van der Waals surface area contributed by atoms with Crippen LogP contribution < -0.4 is 5.32 Å². The lowest BCUT2D eigenvalue weighted by atomic mass is 9.79. The van der Waals surface area contributed by atoms with Crippen LogP contribution in [0.4, 0.5) is 0 Å². The van der Waals surface area contributed by atoms with Crippen LogP contribution in [0.2, 0.25) is 5.02 Å². The third kappa shape index (κ3) is 2.58. The fourth-order valence-corrected chi connectivity index (χ4v) is 3.04. The lowest BCUT2D eigenvalue weighted by molar-refractivity contribution is 0.419. The molecule has 1 N–H and O–H groups in total. The summed E-state index contributed by atoms with van der Waals surface area (Å²) < 4.78 is 0. The topological polar surface area (TPSA) is 24.9 Å². The van der Waals surface area contributed by atoms with E-state index in [4.69, 9.17) is 11.6 Å². The summed E-state index contributed by atoms with van der Waals surface area (Å²) in [7, 11) is 1.95. The second kappa shape index (κ2) is 5.94. The Morgan fingerprint density at radius 3 is 2.75 bits per heavy atom. The Bertz CT molecular complexity index is 593. The molecule has 20 heavy (non-hydrogen) atoms. The van der Waals surface area contributed by atoms with Crippen LogP contribution in [-0.2, 0) is 0 Å². The van der Waals surface area contributed by atoms with Crippen LogP contribution in [0.3, 0.4) is 0 Å². The predicted octanol–water partition coefficient (Wildman–Crippen LogP) is 4.31. The van der Waals surface area contributed by atoms with Gasteiger partial charge in [-0.2, -0.15) is 0 Å². The molecule has 0 saturated heterocycles. The number of rotatable bonds is 4. The number of halogens is 1. The Morgan fingerprint density at radius 1 is 1.25 bits per heavy atom. The molecule has 2 nitrogen and oxygen atoms in total. The van der Waals surface area contributed by atoms with Crippen molar-refractivity contribution in [2.24, 2.45) is 0 Å². The van der Waals surface area contributed by atoms with Gasteiger partial charge in [0, 0.05) is 6.20 Å². The van der Waals surface area contributed by atoms with Crippen molar-refractivity contribution in [1.29, 1.82) is 0 Å². The van der Waals surface area contributed by atoms with E-state index in [9.17, 15) is 0 Å². The molecule has 1 unspecified atom stereocenters. The molecule has 2 aromatic rings. The molecule has 0 bridgehead atoms. The van der Waals surface area contributed by atoms with E-state index < -0.39 is 0 Å². The fraction of sp³-hybridized carbons (Fsp3) is 0.353. The lowest BCUT2D eigenvalue weighted by Gasteiger charge is -2.27. The number of aromatic nitrogens is 1. The molecule has 104 valence electrons. The normalized spacial score (nSPS) is 16.7. The molecule has 1 heterocycles. The minimum absolute atomic E-state index is 0.0451. The lowest BCUT2D eigenvalue weighted by Crippen LogP contribution is -2.20. The standard InChI is InChI=1S/C17H19ClN2/c1-19-16(17-15(18)9-4-10-20-17)14-8-3-7-13(11-14)12-5-2-6-12/h3-4,7-12,16,19H,2,5-6H2,1H3. The Balaban J connectivity index is 1.95. The van der Waals surface area contributed by atoms with Gasteiger partial charge >= 0.3 is 0 Å². The number of pyridine rings is 1. The third-order valence-corrected chi connectivity index (χ3v) is 4.49. The molecule has 1 aromatic carbocycles. The van der Waals surface area contributed by atoms with Crippen LogP contribution in [0.25, 0.3) is 0 Å². The average molecular weight is 287 g/mol. The molecule has 0 aliphatic heterocycles. The van der Waals surface area contributed by atoms with Gasteiger partial charge in [-0.1, -0.05) is 42.3 Å². The quantitative estimate of drug-likeness (QED) is 0.906. The van der Waals surface area contributed by atoms with Crippen molar-refractivity contribution < 1.29 is 0 Å². The molecule has 0 amide bonds. The van der Waals surface area contributed by atoms with E-state index in [0.717, 1.165) is 11.6 Å². The smallest absolute Gasteiger partial charge is 0.0804 e. The van der Waals surface area contributed by atoms with Gasteiger partial charge in [0.15, 0.2) is 0 Å². The SMILES string of the molecule is CNC(c1cccc(C2CCC2)c1)c1ncccc1Cl.